The summed E-state index contributed by atoms with van der Waals surface area (Å²) in [5.74, 6) is 0.918. The third kappa shape index (κ3) is 3.86. The first-order valence-corrected chi connectivity index (χ1v) is 11.1. The highest BCUT2D eigenvalue weighted by Gasteiger charge is 2.20. The van der Waals surface area contributed by atoms with E-state index in [1.807, 2.05) is 30.2 Å². The van der Waals surface area contributed by atoms with Crippen LogP contribution in [0.4, 0.5) is 0 Å². The molecule has 5 heteroatoms. The summed E-state index contributed by atoms with van der Waals surface area (Å²) in [5, 5.41) is 1.45. The summed E-state index contributed by atoms with van der Waals surface area (Å²) in [6.45, 7) is 4.40. The van der Waals surface area contributed by atoms with E-state index in [9.17, 15) is 4.79 Å². The van der Waals surface area contributed by atoms with E-state index < -0.39 is 0 Å². The molecule has 0 atom stereocenters. The molecule has 1 aromatic carbocycles. The highest BCUT2D eigenvalue weighted by atomic mass is 32.2. The van der Waals surface area contributed by atoms with Crippen molar-refractivity contribution in [3.8, 4) is 16.9 Å². The number of hydrogen-bond donors (Lipinski definition) is 1. The van der Waals surface area contributed by atoms with Crippen molar-refractivity contribution in [3.05, 3.63) is 47.0 Å². The molecule has 1 fully saturated rings. The van der Waals surface area contributed by atoms with Crippen LogP contribution in [0.2, 0.25) is 0 Å². The zero-order chi connectivity index (χ0) is 19.7. The number of benzene rings is 1. The van der Waals surface area contributed by atoms with Gasteiger partial charge in [-0.25, -0.2) is 0 Å². The van der Waals surface area contributed by atoms with Crippen molar-refractivity contribution >= 4 is 22.7 Å². The van der Waals surface area contributed by atoms with E-state index in [1.54, 1.807) is 11.6 Å². The highest BCUT2D eigenvalue weighted by Crippen LogP contribution is 2.39. The lowest BCUT2D eigenvalue weighted by atomic mass is 9.97. The molecular formula is C23H28N2O2S. The Morgan fingerprint density at radius 1 is 1.14 bits per heavy atom. The number of fused-ring (bicyclic) bond motifs is 1. The predicted molar refractivity (Wildman–Crippen MR) is 117 cm³/mol. The smallest absolute Gasteiger partial charge is 0.274 e. The number of aromatic nitrogens is 2. The summed E-state index contributed by atoms with van der Waals surface area (Å²) in [6, 6.07) is 8.47. The van der Waals surface area contributed by atoms with E-state index in [4.69, 9.17) is 4.74 Å². The molecular weight excluding hydrogens is 368 g/mol. The van der Waals surface area contributed by atoms with Crippen molar-refractivity contribution < 1.29 is 4.74 Å². The van der Waals surface area contributed by atoms with E-state index in [2.05, 4.69) is 37.0 Å². The first-order chi connectivity index (χ1) is 13.5. The lowest BCUT2D eigenvalue weighted by Crippen LogP contribution is -2.20. The molecule has 0 unspecified atom stereocenters. The Hall–Kier alpha value is -2.14. The van der Waals surface area contributed by atoms with Crippen LogP contribution in [0.25, 0.3) is 22.0 Å². The van der Waals surface area contributed by atoms with Gasteiger partial charge in [0.1, 0.15) is 11.3 Å². The number of nitrogens with one attached hydrogen (secondary N) is 1. The van der Waals surface area contributed by atoms with Gasteiger partial charge < -0.3 is 14.3 Å². The van der Waals surface area contributed by atoms with Gasteiger partial charge in [0.05, 0.1) is 6.10 Å². The second-order valence-electron chi connectivity index (χ2n) is 7.93. The first-order valence-electron chi connectivity index (χ1n) is 10.2. The standard InChI is InChI=1S/C23H28N2O2S/c1-15(2)28-17-9-10-21(27-16-7-5-4-6-8-16)19(13-17)20-14-25(3)23(26)22-18(20)11-12-24-22/h9-16,24H,4-8H2,1-3H3. The topological polar surface area (TPSA) is 47.0 Å². The number of aryl methyl sites for hydroxylation is 1. The number of nitrogens with zero attached hydrogens (tertiary/aromatic N) is 1. The second kappa shape index (κ2) is 8.08. The Labute approximate surface area is 170 Å². The molecule has 28 heavy (non-hydrogen) atoms. The maximum absolute atomic E-state index is 12.5. The van der Waals surface area contributed by atoms with Crippen molar-refractivity contribution in [3.63, 3.8) is 0 Å². The molecule has 4 nitrogen and oxygen atoms in total. The quantitative estimate of drug-likeness (QED) is 0.559. The zero-order valence-electron chi connectivity index (χ0n) is 16.8. The van der Waals surface area contributed by atoms with Crippen LogP contribution in [-0.4, -0.2) is 20.9 Å². The average Bonchev–Trinajstić information content (AvgIpc) is 3.16. The summed E-state index contributed by atoms with van der Waals surface area (Å²) in [5.41, 5.74) is 2.74. The number of thioether (sulfide) groups is 1. The lowest BCUT2D eigenvalue weighted by molar-refractivity contribution is 0.155. The van der Waals surface area contributed by atoms with Crippen molar-refractivity contribution in [1.29, 1.82) is 0 Å². The van der Waals surface area contributed by atoms with Crippen LogP contribution in [0.5, 0.6) is 5.75 Å². The van der Waals surface area contributed by atoms with Crippen LogP contribution in [0.15, 0.2) is 46.3 Å². The van der Waals surface area contributed by atoms with Crippen LogP contribution in [0, 0.1) is 0 Å². The summed E-state index contributed by atoms with van der Waals surface area (Å²) in [7, 11) is 1.81. The molecule has 1 N–H and O–H groups in total. The molecule has 0 saturated heterocycles. The van der Waals surface area contributed by atoms with Crippen molar-refractivity contribution in [2.45, 2.75) is 62.2 Å². The molecule has 3 aromatic rings. The normalized spacial score (nSPS) is 15.4. The molecule has 1 aliphatic carbocycles. The number of hydrogen-bond acceptors (Lipinski definition) is 3. The van der Waals surface area contributed by atoms with Crippen molar-refractivity contribution in [1.82, 2.24) is 9.55 Å². The fourth-order valence-corrected chi connectivity index (χ4v) is 4.89. The Morgan fingerprint density at radius 3 is 2.68 bits per heavy atom. The van der Waals surface area contributed by atoms with E-state index in [0.29, 0.717) is 10.8 Å². The second-order valence-corrected chi connectivity index (χ2v) is 9.58. The molecule has 4 rings (SSSR count). The summed E-state index contributed by atoms with van der Waals surface area (Å²) in [6.07, 6.45) is 10.1. The molecule has 2 heterocycles. The Bertz CT molecular complexity index is 1030. The van der Waals surface area contributed by atoms with Gasteiger partial charge in [-0.1, -0.05) is 20.3 Å². The molecule has 0 radical (unpaired) electrons. The van der Waals surface area contributed by atoms with Gasteiger partial charge in [-0.05, 0) is 49.9 Å². The molecule has 0 aliphatic heterocycles. The lowest BCUT2D eigenvalue weighted by Gasteiger charge is -2.25. The van der Waals surface area contributed by atoms with Gasteiger partial charge in [-0.2, -0.15) is 0 Å². The van der Waals surface area contributed by atoms with Crippen LogP contribution < -0.4 is 10.3 Å². The number of ether oxygens (including phenoxy) is 1. The minimum Gasteiger partial charge on any atom is -0.490 e. The van der Waals surface area contributed by atoms with Gasteiger partial charge in [0.25, 0.3) is 5.56 Å². The highest BCUT2D eigenvalue weighted by molar-refractivity contribution is 7.99. The zero-order valence-corrected chi connectivity index (χ0v) is 17.6. The van der Waals surface area contributed by atoms with Gasteiger partial charge in [0, 0.05) is 46.1 Å². The third-order valence-corrected chi connectivity index (χ3v) is 6.35. The number of H-pyrrole nitrogens is 1. The van der Waals surface area contributed by atoms with Gasteiger partial charge in [0.2, 0.25) is 0 Å². The van der Waals surface area contributed by atoms with E-state index in [1.165, 1.54) is 24.2 Å². The minimum absolute atomic E-state index is 0.00814. The Morgan fingerprint density at radius 2 is 1.93 bits per heavy atom. The molecule has 2 aromatic heterocycles. The van der Waals surface area contributed by atoms with Gasteiger partial charge in [-0.3, -0.25) is 4.79 Å². The fourth-order valence-electron chi connectivity index (χ4n) is 4.01. The summed E-state index contributed by atoms with van der Waals surface area (Å²) in [4.78, 5) is 16.8. The van der Waals surface area contributed by atoms with Crippen LogP contribution in [0.1, 0.15) is 46.0 Å². The maximum Gasteiger partial charge on any atom is 0.274 e. The predicted octanol–water partition coefficient (Wildman–Crippen LogP) is 5.75. The minimum atomic E-state index is -0.00814. The molecule has 1 aliphatic rings. The first kappa shape index (κ1) is 19.2. The molecule has 0 spiro atoms. The van der Waals surface area contributed by atoms with Gasteiger partial charge >= 0.3 is 0 Å². The molecule has 0 bridgehead atoms. The number of rotatable bonds is 5. The fraction of sp³-hybridized carbons (Fsp3) is 0.435. The van der Waals surface area contributed by atoms with Crippen LogP contribution in [-0.2, 0) is 7.05 Å². The average molecular weight is 397 g/mol. The van der Waals surface area contributed by atoms with Crippen molar-refractivity contribution in [2.75, 3.05) is 0 Å². The van der Waals surface area contributed by atoms with E-state index in [-0.39, 0.29) is 11.7 Å². The number of pyridine rings is 1. The summed E-state index contributed by atoms with van der Waals surface area (Å²) < 4.78 is 8.14. The van der Waals surface area contributed by atoms with E-state index in [0.717, 1.165) is 35.1 Å². The van der Waals surface area contributed by atoms with E-state index >= 15 is 0 Å². The SMILES string of the molecule is CC(C)Sc1ccc(OC2CCCCC2)c(-c2cn(C)c(=O)c3[nH]ccc23)c1. The molecule has 148 valence electrons. The Balaban J connectivity index is 1.84. The molecule has 1 saturated carbocycles. The molecule has 0 amide bonds. The Kier molecular flexibility index (Phi) is 5.54. The number of aromatic amines is 1. The third-order valence-electron chi connectivity index (χ3n) is 5.35. The van der Waals surface area contributed by atoms with Gasteiger partial charge in [-0.15, -0.1) is 11.8 Å². The van der Waals surface area contributed by atoms with Crippen LogP contribution in [0.3, 0.4) is 0 Å². The monoisotopic (exact) mass is 396 g/mol. The van der Waals surface area contributed by atoms with Crippen LogP contribution >= 0.6 is 11.8 Å². The largest absolute Gasteiger partial charge is 0.490 e. The summed E-state index contributed by atoms with van der Waals surface area (Å²) >= 11 is 1.84. The van der Waals surface area contributed by atoms with Crippen molar-refractivity contribution in [2.24, 2.45) is 7.05 Å². The van der Waals surface area contributed by atoms with Gasteiger partial charge in [0.15, 0.2) is 0 Å². The maximum atomic E-state index is 12.5.